The molecule has 0 saturated carbocycles. The highest BCUT2D eigenvalue weighted by Crippen LogP contribution is 2.39. The molecule has 2 heterocycles. The van der Waals surface area contributed by atoms with Crippen LogP contribution in [0.25, 0.3) is 44.1 Å². The fraction of sp³-hybridized carbons (Fsp3) is 0.0244. The van der Waals surface area contributed by atoms with Crippen LogP contribution in [0.5, 0.6) is 0 Å². The van der Waals surface area contributed by atoms with Gasteiger partial charge in [0.15, 0.2) is 0 Å². The van der Waals surface area contributed by atoms with Crippen molar-refractivity contribution >= 4 is 50.3 Å². The molecule has 0 atom stereocenters. The van der Waals surface area contributed by atoms with Crippen LogP contribution in [0, 0.1) is 0 Å². The molecule has 1 N–H and O–H groups in total. The Hall–Kier alpha value is -5.38. The van der Waals surface area contributed by atoms with E-state index in [0.29, 0.717) is 0 Å². The summed E-state index contributed by atoms with van der Waals surface area (Å²) in [7, 11) is 0. The van der Waals surface area contributed by atoms with Gasteiger partial charge >= 0.3 is 0 Å². The van der Waals surface area contributed by atoms with E-state index < -0.39 is 0 Å². The summed E-state index contributed by atoms with van der Waals surface area (Å²) in [6.45, 7) is 0.857. The monoisotopic (exact) mass is 582 g/mol. The third kappa shape index (κ3) is 4.98. The molecule has 0 saturated heterocycles. The SMILES string of the molecule is C1=C(c2ccc(N(c3ccc(-c4ccccc4)cc3)c3ccc(-c4ccccc4)cc3)cc2)NCc2sc3ccccc3c21. The Labute approximate surface area is 262 Å². The summed E-state index contributed by atoms with van der Waals surface area (Å²) in [5, 5.41) is 5.01. The molecule has 0 spiro atoms. The summed E-state index contributed by atoms with van der Waals surface area (Å²) in [4.78, 5) is 3.73. The lowest BCUT2D eigenvalue weighted by atomic mass is 10.0. The zero-order valence-corrected chi connectivity index (χ0v) is 25.0. The second kappa shape index (κ2) is 11.4. The van der Waals surface area contributed by atoms with E-state index in [0.717, 1.165) is 23.6 Å². The molecule has 1 aliphatic rings. The quantitative estimate of drug-likeness (QED) is 0.210. The van der Waals surface area contributed by atoms with Crippen LogP contribution in [0.15, 0.2) is 158 Å². The second-order valence-electron chi connectivity index (χ2n) is 11.1. The van der Waals surface area contributed by atoms with E-state index >= 15 is 0 Å². The predicted octanol–water partition coefficient (Wildman–Crippen LogP) is 11.3. The predicted molar refractivity (Wildman–Crippen MR) is 189 cm³/mol. The number of hydrogen-bond donors (Lipinski definition) is 1. The average molecular weight is 583 g/mol. The van der Waals surface area contributed by atoms with E-state index in [1.807, 2.05) is 11.3 Å². The Morgan fingerprint density at radius 3 is 1.45 bits per heavy atom. The van der Waals surface area contributed by atoms with Crippen LogP contribution in [0.4, 0.5) is 17.1 Å². The zero-order valence-electron chi connectivity index (χ0n) is 24.2. The van der Waals surface area contributed by atoms with Crippen molar-refractivity contribution in [2.75, 3.05) is 4.90 Å². The van der Waals surface area contributed by atoms with Crippen molar-refractivity contribution in [1.82, 2.24) is 5.32 Å². The molecule has 0 fully saturated rings. The standard InChI is InChI=1S/C41H30N2S/c1-3-9-29(10-4-1)31-15-21-34(22-16-31)43(35-23-17-32(18-24-35)30-11-5-2-6-12-30)36-25-19-33(20-26-36)39-27-38-37-13-7-8-14-40(37)44-41(38)28-42-39/h1-27,42H,28H2. The first-order chi connectivity index (χ1) is 21.8. The molecule has 0 radical (unpaired) electrons. The molecule has 1 aromatic heterocycles. The third-order valence-electron chi connectivity index (χ3n) is 8.34. The summed E-state index contributed by atoms with van der Waals surface area (Å²) in [5.74, 6) is 0. The van der Waals surface area contributed by atoms with Gasteiger partial charge in [0.25, 0.3) is 0 Å². The van der Waals surface area contributed by atoms with E-state index in [4.69, 9.17) is 0 Å². The number of nitrogens with zero attached hydrogens (tertiary/aromatic N) is 1. The van der Waals surface area contributed by atoms with Gasteiger partial charge in [-0.2, -0.15) is 0 Å². The van der Waals surface area contributed by atoms with Gasteiger partial charge in [-0.25, -0.2) is 0 Å². The van der Waals surface area contributed by atoms with E-state index in [1.54, 1.807) is 0 Å². The maximum Gasteiger partial charge on any atom is 0.0500 e. The number of fused-ring (bicyclic) bond motifs is 3. The first-order valence-corrected chi connectivity index (χ1v) is 15.8. The summed E-state index contributed by atoms with van der Waals surface area (Å²) in [6, 6.07) is 56.4. The lowest BCUT2D eigenvalue weighted by Crippen LogP contribution is -2.15. The van der Waals surface area contributed by atoms with Gasteiger partial charge in [-0.15, -0.1) is 11.3 Å². The number of benzene rings is 6. The van der Waals surface area contributed by atoms with Crippen LogP contribution in [-0.4, -0.2) is 0 Å². The molecule has 2 nitrogen and oxygen atoms in total. The highest BCUT2D eigenvalue weighted by atomic mass is 32.1. The van der Waals surface area contributed by atoms with Crippen LogP contribution >= 0.6 is 11.3 Å². The minimum Gasteiger partial charge on any atom is -0.380 e. The second-order valence-corrected chi connectivity index (χ2v) is 12.2. The normalized spacial score (nSPS) is 12.3. The molecule has 210 valence electrons. The van der Waals surface area contributed by atoms with Gasteiger partial charge in [-0.05, 0) is 76.4 Å². The van der Waals surface area contributed by atoms with Crippen molar-refractivity contribution in [3.8, 4) is 22.3 Å². The van der Waals surface area contributed by atoms with Gasteiger partial charge in [0.05, 0.1) is 6.54 Å². The molecule has 3 heteroatoms. The van der Waals surface area contributed by atoms with Crippen LogP contribution in [0.3, 0.4) is 0 Å². The fourth-order valence-corrected chi connectivity index (χ4v) is 7.19. The van der Waals surface area contributed by atoms with Gasteiger partial charge in [0.2, 0.25) is 0 Å². The smallest absolute Gasteiger partial charge is 0.0500 e. The van der Waals surface area contributed by atoms with Crippen molar-refractivity contribution in [2.45, 2.75) is 6.54 Å². The van der Waals surface area contributed by atoms with Gasteiger partial charge < -0.3 is 10.2 Å². The highest BCUT2D eigenvalue weighted by molar-refractivity contribution is 7.19. The van der Waals surface area contributed by atoms with Gasteiger partial charge in [0, 0.05) is 43.3 Å². The van der Waals surface area contributed by atoms with Crippen molar-refractivity contribution in [1.29, 1.82) is 0 Å². The molecule has 7 aromatic rings. The Bertz CT molecular complexity index is 1990. The molecular formula is C41H30N2S. The van der Waals surface area contributed by atoms with Crippen LogP contribution in [-0.2, 0) is 6.54 Å². The summed E-state index contributed by atoms with van der Waals surface area (Å²) in [5.41, 5.74) is 11.9. The Morgan fingerprint density at radius 1 is 0.455 bits per heavy atom. The molecule has 0 aliphatic carbocycles. The Balaban J connectivity index is 1.15. The van der Waals surface area contributed by atoms with Crippen molar-refractivity contribution in [3.63, 3.8) is 0 Å². The molecule has 0 unspecified atom stereocenters. The van der Waals surface area contributed by atoms with Crippen molar-refractivity contribution in [2.24, 2.45) is 0 Å². The molecular weight excluding hydrogens is 553 g/mol. The van der Waals surface area contributed by atoms with Crippen molar-refractivity contribution < 1.29 is 0 Å². The highest BCUT2D eigenvalue weighted by Gasteiger charge is 2.18. The summed E-state index contributed by atoms with van der Waals surface area (Å²) < 4.78 is 1.35. The molecule has 8 rings (SSSR count). The number of hydrogen-bond acceptors (Lipinski definition) is 3. The van der Waals surface area contributed by atoms with Crippen LogP contribution < -0.4 is 10.2 Å². The molecule has 6 aromatic carbocycles. The lowest BCUT2D eigenvalue weighted by Gasteiger charge is -2.26. The van der Waals surface area contributed by atoms with Crippen molar-refractivity contribution in [3.05, 3.63) is 174 Å². The zero-order chi connectivity index (χ0) is 29.3. The molecule has 44 heavy (non-hydrogen) atoms. The fourth-order valence-electron chi connectivity index (χ4n) is 6.07. The minimum absolute atomic E-state index is 0.857. The molecule has 1 aliphatic heterocycles. The van der Waals surface area contributed by atoms with Crippen LogP contribution in [0.2, 0.25) is 0 Å². The number of anilines is 3. The average Bonchev–Trinajstić information content (AvgIpc) is 3.48. The van der Waals surface area contributed by atoms with Gasteiger partial charge in [0.1, 0.15) is 0 Å². The van der Waals surface area contributed by atoms with E-state index in [1.165, 1.54) is 54.0 Å². The summed E-state index contributed by atoms with van der Waals surface area (Å²) >= 11 is 1.88. The first-order valence-electron chi connectivity index (χ1n) is 15.0. The van der Waals surface area contributed by atoms with E-state index in [9.17, 15) is 0 Å². The number of rotatable bonds is 6. The lowest BCUT2D eigenvalue weighted by molar-refractivity contribution is 0.899. The van der Waals surface area contributed by atoms with Gasteiger partial charge in [-0.1, -0.05) is 115 Å². The molecule has 0 bridgehead atoms. The van der Waals surface area contributed by atoms with Gasteiger partial charge in [-0.3, -0.25) is 0 Å². The first kappa shape index (κ1) is 26.3. The topological polar surface area (TPSA) is 15.3 Å². The maximum atomic E-state index is 3.67. The third-order valence-corrected chi connectivity index (χ3v) is 9.53. The minimum atomic E-state index is 0.857. The number of nitrogens with one attached hydrogen (secondary N) is 1. The summed E-state index contributed by atoms with van der Waals surface area (Å²) in [6.07, 6.45) is 2.31. The maximum absolute atomic E-state index is 3.67. The van der Waals surface area contributed by atoms with E-state index in [-0.39, 0.29) is 0 Å². The van der Waals surface area contributed by atoms with Crippen LogP contribution in [0.1, 0.15) is 16.0 Å². The number of thiophene rings is 1. The van der Waals surface area contributed by atoms with E-state index in [2.05, 4.69) is 174 Å². The Morgan fingerprint density at radius 2 is 0.909 bits per heavy atom. The molecule has 0 amide bonds. The largest absolute Gasteiger partial charge is 0.380 e. The Kier molecular flexibility index (Phi) is 6.78.